The van der Waals surface area contributed by atoms with Crippen LogP contribution in [0, 0.1) is 0 Å². The van der Waals surface area contributed by atoms with Crippen LogP contribution in [0.2, 0.25) is 0 Å². The second kappa shape index (κ2) is 7.07. The normalized spacial score (nSPS) is 11.4. The summed E-state index contributed by atoms with van der Waals surface area (Å²) < 4.78 is 51.1. The fourth-order valence-corrected chi connectivity index (χ4v) is 3.05. The molecule has 0 aliphatic rings. The molecule has 0 spiro atoms. The zero-order valence-corrected chi connectivity index (χ0v) is 15.7. The summed E-state index contributed by atoms with van der Waals surface area (Å²) in [6.07, 6.45) is 0. The molecule has 0 saturated carbocycles. The molecule has 3 rings (SSSR count). The Balaban J connectivity index is 2.44. The van der Waals surface area contributed by atoms with Crippen molar-refractivity contribution in [1.29, 1.82) is 0 Å². The molecule has 0 radical (unpaired) electrons. The van der Waals surface area contributed by atoms with Crippen molar-refractivity contribution in [3.05, 3.63) is 34.5 Å². The molecule has 3 aromatic rings. The van der Waals surface area contributed by atoms with Gasteiger partial charge in [-0.2, -0.15) is 8.42 Å². The summed E-state index contributed by atoms with van der Waals surface area (Å²) >= 11 is 0. The Labute approximate surface area is 162 Å². The summed E-state index contributed by atoms with van der Waals surface area (Å²) in [7, 11) is -2.75. The number of methoxy groups -OCH3 is 2. The summed E-state index contributed by atoms with van der Waals surface area (Å²) in [6.45, 7) is 0. The average Bonchev–Trinajstić information content (AvgIpc) is 2.62. The lowest BCUT2D eigenvalue weighted by Gasteiger charge is -2.13. The van der Waals surface area contributed by atoms with Gasteiger partial charge in [0.15, 0.2) is 28.8 Å². The van der Waals surface area contributed by atoms with Crippen LogP contribution in [0.3, 0.4) is 0 Å². The van der Waals surface area contributed by atoms with Crippen molar-refractivity contribution >= 4 is 21.4 Å². The van der Waals surface area contributed by atoms with Crippen LogP contribution in [-0.2, 0) is 10.4 Å². The second-order valence-corrected chi connectivity index (χ2v) is 6.66. The van der Waals surface area contributed by atoms with Crippen molar-refractivity contribution < 1.29 is 46.4 Å². The minimum atomic E-state index is -5.17. The van der Waals surface area contributed by atoms with E-state index < -0.39 is 50.0 Å². The van der Waals surface area contributed by atoms with Crippen molar-refractivity contribution in [3.63, 3.8) is 0 Å². The SMILES string of the molecule is COc1ccc(-c2oc3cc(O)c(OC)c(O)c3c(=O)c2OS(=O)(=O)O)cc1O. The van der Waals surface area contributed by atoms with Gasteiger partial charge in [0.1, 0.15) is 11.0 Å². The van der Waals surface area contributed by atoms with Crippen LogP contribution in [0.5, 0.6) is 34.5 Å². The van der Waals surface area contributed by atoms with Crippen molar-refractivity contribution in [2.75, 3.05) is 14.2 Å². The minimum Gasteiger partial charge on any atom is -0.504 e. The van der Waals surface area contributed by atoms with Gasteiger partial charge in [-0.3, -0.25) is 9.35 Å². The van der Waals surface area contributed by atoms with Gasteiger partial charge in [0.05, 0.1) is 14.2 Å². The van der Waals surface area contributed by atoms with E-state index in [2.05, 4.69) is 4.18 Å². The topological polar surface area (TPSA) is 173 Å². The lowest BCUT2D eigenvalue weighted by molar-refractivity contribution is 0.345. The highest BCUT2D eigenvalue weighted by Gasteiger charge is 2.27. The Morgan fingerprint density at radius 2 is 1.66 bits per heavy atom. The third-order valence-electron chi connectivity index (χ3n) is 3.88. The van der Waals surface area contributed by atoms with Crippen LogP contribution in [-0.4, -0.2) is 42.5 Å². The molecule has 4 N–H and O–H groups in total. The molecular weight excluding hydrogens is 412 g/mol. The first-order valence-electron chi connectivity index (χ1n) is 7.71. The molecule has 0 aliphatic carbocycles. The molecule has 12 heteroatoms. The Bertz CT molecular complexity index is 1280. The molecule has 0 bridgehead atoms. The first-order valence-corrected chi connectivity index (χ1v) is 9.08. The quantitative estimate of drug-likeness (QED) is 0.438. The summed E-state index contributed by atoms with van der Waals surface area (Å²) in [6, 6.07) is 4.65. The Kier molecular flexibility index (Phi) is 4.90. The van der Waals surface area contributed by atoms with Gasteiger partial charge in [0, 0.05) is 11.6 Å². The van der Waals surface area contributed by atoms with Crippen molar-refractivity contribution in [1.82, 2.24) is 0 Å². The fraction of sp³-hybridized carbons (Fsp3) is 0.118. The van der Waals surface area contributed by atoms with E-state index in [-0.39, 0.29) is 22.6 Å². The number of hydrogen-bond acceptors (Lipinski definition) is 10. The summed E-state index contributed by atoms with van der Waals surface area (Å²) in [5, 5.41) is 29.6. The Morgan fingerprint density at radius 3 is 2.21 bits per heavy atom. The highest BCUT2D eigenvalue weighted by Crippen LogP contribution is 2.44. The lowest BCUT2D eigenvalue weighted by atomic mass is 10.1. The van der Waals surface area contributed by atoms with E-state index >= 15 is 0 Å². The molecule has 1 heterocycles. The van der Waals surface area contributed by atoms with Gasteiger partial charge in [-0.15, -0.1) is 0 Å². The summed E-state index contributed by atoms with van der Waals surface area (Å²) in [5.74, 6) is -3.65. The number of phenolic OH excluding ortho intramolecular Hbond substituents is 3. The molecule has 0 atom stereocenters. The van der Waals surface area contributed by atoms with Crippen molar-refractivity contribution in [2.24, 2.45) is 0 Å². The maximum atomic E-state index is 12.9. The van der Waals surface area contributed by atoms with Crippen molar-refractivity contribution in [2.45, 2.75) is 0 Å². The molecule has 0 fully saturated rings. The second-order valence-electron chi connectivity index (χ2n) is 5.64. The summed E-state index contributed by atoms with van der Waals surface area (Å²) in [4.78, 5) is 12.9. The van der Waals surface area contributed by atoms with Crippen LogP contribution in [0.15, 0.2) is 33.5 Å². The maximum absolute atomic E-state index is 12.9. The molecule has 154 valence electrons. The number of ether oxygens (including phenoxy) is 2. The predicted molar refractivity (Wildman–Crippen MR) is 98.2 cm³/mol. The van der Waals surface area contributed by atoms with Gasteiger partial charge in [0.25, 0.3) is 0 Å². The maximum Gasteiger partial charge on any atom is 0.446 e. The number of aromatic hydroxyl groups is 3. The third kappa shape index (κ3) is 3.58. The zero-order chi connectivity index (χ0) is 21.5. The van der Waals surface area contributed by atoms with Gasteiger partial charge in [-0.05, 0) is 18.2 Å². The van der Waals surface area contributed by atoms with E-state index in [4.69, 9.17) is 18.4 Å². The monoisotopic (exact) mass is 426 g/mol. The predicted octanol–water partition coefficient (Wildman–Crippen LogP) is 1.78. The van der Waals surface area contributed by atoms with Gasteiger partial charge >= 0.3 is 10.4 Å². The lowest BCUT2D eigenvalue weighted by Crippen LogP contribution is -2.15. The Hall–Kier alpha value is -3.64. The highest BCUT2D eigenvalue weighted by molar-refractivity contribution is 7.81. The number of phenols is 3. The van der Waals surface area contributed by atoms with E-state index in [1.807, 2.05) is 0 Å². The average molecular weight is 426 g/mol. The number of rotatable bonds is 5. The molecule has 0 unspecified atom stereocenters. The van der Waals surface area contributed by atoms with E-state index in [0.29, 0.717) is 0 Å². The third-order valence-corrected chi connectivity index (χ3v) is 4.26. The molecule has 0 saturated heterocycles. The molecule has 0 aliphatic heterocycles. The summed E-state index contributed by atoms with van der Waals surface area (Å²) in [5.41, 5.74) is -1.57. The molecule has 0 amide bonds. The van der Waals surface area contributed by atoms with Crippen molar-refractivity contribution in [3.8, 4) is 45.8 Å². The van der Waals surface area contributed by atoms with Crippen LogP contribution in [0.1, 0.15) is 0 Å². The first kappa shape index (κ1) is 20.1. The standard InChI is InChI=1S/C17H14O11S/c1-25-10-4-3-7(5-8(10)18)15-17(28-29(22,23)24)14(21)12-11(27-15)6-9(19)16(26-2)13(12)20/h3-6,18-20H,1-2H3,(H,22,23,24). The molecular formula is C17H14O11S. The number of hydrogen-bond donors (Lipinski definition) is 4. The highest BCUT2D eigenvalue weighted by atomic mass is 32.3. The number of fused-ring (bicyclic) bond motifs is 1. The van der Waals surface area contributed by atoms with Gasteiger partial charge in [-0.25, -0.2) is 0 Å². The fourth-order valence-electron chi connectivity index (χ4n) is 2.69. The van der Waals surface area contributed by atoms with Crippen LogP contribution >= 0.6 is 0 Å². The largest absolute Gasteiger partial charge is 0.504 e. The van der Waals surface area contributed by atoms with Crippen LogP contribution in [0.25, 0.3) is 22.3 Å². The van der Waals surface area contributed by atoms with E-state index in [0.717, 1.165) is 19.2 Å². The minimum absolute atomic E-state index is 0.0317. The van der Waals surface area contributed by atoms with Gasteiger partial charge < -0.3 is 33.4 Å². The smallest absolute Gasteiger partial charge is 0.446 e. The van der Waals surface area contributed by atoms with Gasteiger partial charge in [0.2, 0.25) is 16.9 Å². The van der Waals surface area contributed by atoms with E-state index in [9.17, 15) is 28.5 Å². The molecule has 2 aromatic carbocycles. The van der Waals surface area contributed by atoms with Gasteiger partial charge in [-0.1, -0.05) is 0 Å². The molecule has 1 aromatic heterocycles. The Morgan fingerprint density at radius 1 is 0.966 bits per heavy atom. The zero-order valence-electron chi connectivity index (χ0n) is 14.9. The van der Waals surface area contributed by atoms with Crippen LogP contribution < -0.4 is 19.1 Å². The number of benzene rings is 2. The van der Waals surface area contributed by atoms with E-state index in [1.165, 1.54) is 19.2 Å². The molecule has 11 nitrogen and oxygen atoms in total. The van der Waals surface area contributed by atoms with E-state index in [1.54, 1.807) is 0 Å². The van der Waals surface area contributed by atoms with Crippen LogP contribution in [0.4, 0.5) is 0 Å². The first-order chi connectivity index (χ1) is 13.6. The molecule has 29 heavy (non-hydrogen) atoms.